The maximum atomic E-state index is 12.3. The number of aliphatic carboxylic acids is 1. The van der Waals surface area contributed by atoms with Gasteiger partial charge in [0.25, 0.3) is 0 Å². The first-order valence-electron chi connectivity index (χ1n) is 6.39. The van der Waals surface area contributed by atoms with Crippen molar-refractivity contribution in [3.05, 3.63) is 0 Å². The number of nitrogens with zero attached hydrogens (tertiary/aromatic N) is 1. The third kappa shape index (κ3) is 2.61. The average molecular weight is 289 g/mol. The van der Waals surface area contributed by atoms with Crippen molar-refractivity contribution < 1.29 is 23.1 Å². The van der Waals surface area contributed by atoms with E-state index in [0.29, 0.717) is 13.0 Å². The number of rotatable bonds is 2. The predicted octanol–water partition coefficient (Wildman–Crippen LogP) is -0.00970. The zero-order valence-electron chi connectivity index (χ0n) is 11.1. The van der Waals surface area contributed by atoms with Crippen LogP contribution in [0.2, 0.25) is 0 Å². The summed E-state index contributed by atoms with van der Waals surface area (Å²) in [6.07, 6.45) is 0.430. The predicted molar refractivity (Wildman–Crippen MR) is 68.2 cm³/mol. The van der Waals surface area contributed by atoms with Gasteiger partial charge in [-0.3, -0.25) is 9.59 Å². The number of sulfone groups is 1. The lowest BCUT2D eigenvalue weighted by molar-refractivity contribution is -0.142. The van der Waals surface area contributed by atoms with Gasteiger partial charge in [-0.05, 0) is 11.8 Å². The number of carbonyl (C=O) groups excluding carboxylic acids is 1. The van der Waals surface area contributed by atoms with Gasteiger partial charge in [-0.25, -0.2) is 8.42 Å². The van der Waals surface area contributed by atoms with E-state index in [1.165, 1.54) is 4.90 Å². The number of hydrogen-bond donors (Lipinski definition) is 1. The molecule has 1 saturated carbocycles. The fourth-order valence-corrected chi connectivity index (χ4v) is 4.19. The highest BCUT2D eigenvalue weighted by Crippen LogP contribution is 2.59. The van der Waals surface area contributed by atoms with Gasteiger partial charge in [0.2, 0.25) is 5.91 Å². The average Bonchev–Trinajstić information content (AvgIpc) is 2.89. The molecule has 1 heterocycles. The lowest BCUT2D eigenvalue weighted by Crippen LogP contribution is -2.36. The van der Waals surface area contributed by atoms with Crippen molar-refractivity contribution in [1.29, 1.82) is 0 Å². The molecule has 1 amide bonds. The normalized spacial score (nSPS) is 32.4. The second kappa shape index (κ2) is 4.47. The summed E-state index contributed by atoms with van der Waals surface area (Å²) in [6, 6.07) is 0. The highest BCUT2D eigenvalue weighted by molar-refractivity contribution is 7.91. The van der Waals surface area contributed by atoms with E-state index in [2.05, 4.69) is 0 Å². The minimum atomic E-state index is -3.06. The summed E-state index contributed by atoms with van der Waals surface area (Å²) in [5.41, 5.74) is -0.534. The Kier molecular flexibility index (Phi) is 3.36. The van der Waals surface area contributed by atoms with E-state index in [1.54, 1.807) is 13.8 Å². The monoisotopic (exact) mass is 289 g/mol. The number of carboxylic acids is 1. The summed E-state index contributed by atoms with van der Waals surface area (Å²) in [5.74, 6) is -2.26. The standard InChI is InChI=1S/C12H19NO5S/c1-12(2)8(9(12)11(15)16)10(14)13-4-3-6-19(17,18)7-5-13/h8-9H,3-7H2,1-2H3,(H,15,16)/t8-,9+/m1/s1. The third-order valence-electron chi connectivity index (χ3n) is 4.23. The fraction of sp³-hybridized carbons (Fsp3) is 0.833. The SMILES string of the molecule is CC1(C)[C@H](C(=O)O)[C@@H]1C(=O)N1CCCS(=O)(=O)CC1. The van der Waals surface area contributed by atoms with Gasteiger partial charge >= 0.3 is 5.97 Å². The Balaban J connectivity index is 2.07. The van der Waals surface area contributed by atoms with Crippen LogP contribution in [0, 0.1) is 17.3 Å². The fourth-order valence-electron chi connectivity index (χ4n) is 2.92. The lowest BCUT2D eigenvalue weighted by Gasteiger charge is -2.20. The van der Waals surface area contributed by atoms with E-state index < -0.39 is 33.1 Å². The van der Waals surface area contributed by atoms with Crippen molar-refractivity contribution in [3.63, 3.8) is 0 Å². The van der Waals surface area contributed by atoms with Crippen molar-refractivity contribution in [2.75, 3.05) is 24.6 Å². The lowest BCUT2D eigenvalue weighted by atomic mass is 10.1. The molecule has 108 valence electrons. The van der Waals surface area contributed by atoms with Crippen molar-refractivity contribution in [3.8, 4) is 0 Å². The van der Waals surface area contributed by atoms with Crippen LogP contribution in [0.25, 0.3) is 0 Å². The molecule has 0 radical (unpaired) electrons. The molecule has 7 heteroatoms. The molecule has 0 aromatic rings. The first-order chi connectivity index (χ1) is 8.67. The van der Waals surface area contributed by atoms with Crippen LogP contribution >= 0.6 is 0 Å². The molecule has 19 heavy (non-hydrogen) atoms. The Hall–Kier alpha value is -1.11. The Labute approximate surface area is 112 Å². The Morgan fingerprint density at radius 2 is 1.79 bits per heavy atom. The van der Waals surface area contributed by atoms with Gasteiger partial charge in [-0.1, -0.05) is 13.8 Å². The summed E-state index contributed by atoms with van der Waals surface area (Å²) in [5, 5.41) is 9.08. The molecular formula is C12H19NO5S. The Morgan fingerprint density at radius 3 is 2.32 bits per heavy atom. The van der Waals surface area contributed by atoms with E-state index in [0.717, 1.165) is 0 Å². The summed E-state index contributed by atoms with van der Waals surface area (Å²) in [6.45, 7) is 4.11. The minimum Gasteiger partial charge on any atom is -0.481 e. The van der Waals surface area contributed by atoms with Crippen LogP contribution < -0.4 is 0 Å². The van der Waals surface area contributed by atoms with E-state index in [1.807, 2.05) is 0 Å². The van der Waals surface area contributed by atoms with Crippen molar-refractivity contribution in [1.82, 2.24) is 4.90 Å². The van der Waals surface area contributed by atoms with E-state index >= 15 is 0 Å². The Bertz CT molecular complexity index is 510. The highest BCUT2D eigenvalue weighted by Gasteiger charge is 2.66. The second-order valence-electron chi connectivity index (χ2n) is 5.95. The molecule has 2 atom stereocenters. The largest absolute Gasteiger partial charge is 0.481 e. The van der Waals surface area contributed by atoms with Crippen LogP contribution in [0.15, 0.2) is 0 Å². The zero-order chi connectivity index (χ0) is 14.4. The number of carbonyl (C=O) groups is 2. The summed E-state index contributed by atoms with van der Waals surface area (Å²) >= 11 is 0. The molecular weight excluding hydrogens is 270 g/mol. The van der Waals surface area contributed by atoms with Crippen LogP contribution in [0.5, 0.6) is 0 Å². The maximum Gasteiger partial charge on any atom is 0.307 e. The molecule has 2 aliphatic rings. The first kappa shape index (κ1) is 14.3. The summed E-state index contributed by atoms with van der Waals surface area (Å²) < 4.78 is 23.0. The minimum absolute atomic E-state index is 0.0242. The van der Waals surface area contributed by atoms with Crippen molar-refractivity contribution in [2.24, 2.45) is 17.3 Å². The molecule has 1 aliphatic carbocycles. The molecule has 0 unspecified atom stereocenters. The topological polar surface area (TPSA) is 91.8 Å². The quantitative estimate of drug-likeness (QED) is 0.772. The van der Waals surface area contributed by atoms with Crippen LogP contribution in [-0.4, -0.2) is 54.9 Å². The maximum absolute atomic E-state index is 12.3. The molecule has 0 bridgehead atoms. The van der Waals surface area contributed by atoms with Crippen molar-refractivity contribution >= 4 is 21.7 Å². The smallest absolute Gasteiger partial charge is 0.307 e. The zero-order valence-corrected chi connectivity index (χ0v) is 11.9. The summed E-state index contributed by atoms with van der Waals surface area (Å²) in [4.78, 5) is 24.9. The van der Waals surface area contributed by atoms with Gasteiger partial charge in [0.15, 0.2) is 9.84 Å². The number of carboxylic acid groups (broad SMARTS) is 1. The van der Waals surface area contributed by atoms with Crippen LogP contribution in [0.3, 0.4) is 0 Å². The molecule has 6 nitrogen and oxygen atoms in total. The van der Waals surface area contributed by atoms with Gasteiger partial charge in [0.1, 0.15) is 0 Å². The highest BCUT2D eigenvalue weighted by atomic mass is 32.2. The van der Waals surface area contributed by atoms with Crippen LogP contribution in [0.1, 0.15) is 20.3 Å². The van der Waals surface area contributed by atoms with Crippen LogP contribution in [-0.2, 0) is 19.4 Å². The van der Waals surface area contributed by atoms with Gasteiger partial charge in [0, 0.05) is 13.1 Å². The summed E-state index contributed by atoms with van der Waals surface area (Å²) in [7, 11) is -3.06. The molecule has 2 fully saturated rings. The molecule has 2 rings (SSSR count). The number of amides is 1. The van der Waals surface area contributed by atoms with Gasteiger partial charge < -0.3 is 10.0 Å². The van der Waals surface area contributed by atoms with Gasteiger partial charge in [-0.2, -0.15) is 0 Å². The van der Waals surface area contributed by atoms with E-state index in [-0.39, 0.29) is 24.0 Å². The van der Waals surface area contributed by atoms with E-state index in [9.17, 15) is 18.0 Å². The van der Waals surface area contributed by atoms with E-state index in [4.69, 9.17) is 5.11 Å². The Morgan fingerprint density at radius 1 is 1.16 bits per heavy atom. The molecule has 0 aromatic carbocycles. The second-order valence-corrected chi connectivity index (χ2v) is 8.25. The third-order valence-corrected chi connectivity index (χ3v) is 5.94. The van der Waals surface area contributed by atoms with Crippen LogP contribution in [0.4, 0.5) is 0 Å². The molecule has 0 aromatic heterocycles. The molecule has 1 saturated heterocycles. The molecule has 1 N–H and O–H groups in total. The molecule has 0 spiro atoms. The van der Waals surface area contributed by atoms with Gasteiger partial charge in [0.05, 0.1) is 23.3 Å². The first-order valence-corrected chi connectivity index (χ1v) is 8.21. The van der Waals surface area contributed by atoms with Crippen molar-refractivity contribution in [2.45, 2.75) is 20.3 Å². The molecule has 1 aliphatic heterocycles. The number of hydrogen-bond acceptors (Lipinski definition) is 4. The van der Waals surface area contributed by atoms with Gasteiger partial charge in [-0.15, -0.1) is 0 Å².